The van der Waals surface area contributed by atoms with Gasteiger partial charge in [0.05, 0.1) is 0 Å². The first kappa shape index (κ1) is 17.3. The van der Waals surface area contributed by atoms with E-state index in [0.717, 1.165) is 23.2 Å². The van der Waals surface area contributed by atoms with Crippen LogP contribution in [0.2, 0.25) is 0 Å². The first-order valence-corrected chi connectivity index (χ1v) is 9.31. The van der Waals surface area contributed by atoms with E-state index >= 15 is 0 Å². The molecule has 1 unspecified atom stereocenters. The van der Waals surface area contributed by atoms with Crippen LogP contribution in [0.1, 0.15) is 25.3 Å². The summed E-state index contributed by atoms with van der Waals surface area (Å²) in [7, 11) is 0. The van der Waals surface area contributed by atoms with Gasteiger partial charge < -0.3 is 10.0 Å². The smallest absolute Gasteiger partial charge is 0.227 e. The lowest BCUT2D eigenvalue weighted by Gasteiger charge is -2.39. The molecule has 0 saturated carbocycles. The molecule has 0 spiro atoms. The lowest BCUT2D eigenvalue weighted by Crippen LogP contribution is -2.45. The Morgan fingerprint density at radius 1 is 0.889 bits per heavy atom. The van der Waals surface area contributed by atoms with Gasteiger partial charge in [0.15, 0.2) is 0 Å². The fourth-order valence-electron chi connectivity index (χ4n) is 3.87. The van der Waals surface area contributed by atoms with Crippen molar-refractivity contribution in [3.63, 3.8) is 0 Å². The number of nitrogens with zero attached hydrogens (tertiary/aromatic N) is 1. The molecule has 3 aromatic rings. The first-order chi connectivity index (χ1) is 13.0. The van der Waals surface area contributed by atoms with Crippen LogP contribution in [0.5, 0.6) is 5.75 Å². The summed E-state index contributed by atoms with van der Waals surface area (Å²) in [6.45, 7) is 2.90. The van der Waals surface area contributed by atoms with Gasteiger partial charge in [-0.2, -0.15) is 0 Å². The molecule has 0 aromatic heterocycles. The SMILES string of the molecule is CC1(c2ccccc2)CCN(c2cccc(-c3ccc(O)cc3)c2)C(=O)C1. The topological polar surface area (TPSA) is 40.5 Å². The summed E-state index contributed by atoms with van der Waals surface area (Å²) in [5.74, 6) is 0.414. The molecule has 3 nitrogen and oxygen atoms in total. The highest BCUT2D eigenvalue weighted by molar-refractivity contribution is 5.95. The Hall–Kier alpha value is -3.07. The van der Waals surface area contributed by atoms with E-state index in [1.807, 2.05) is 53.4 Å². The molecule has 3 heteroatoms. The maximum atomic E-state index is 13.0. The minimum atomic E-state index is -0.108. The number of carbonyl (C=O) groups excluding carboxylic acids is 1. The highest BCUT2D eigenvalue weighted by Crippen LogP contribution is 2.37. The van der Waals surface area contributed by atoms with E-state index in [0.29, 0.717) is 13.0 Å². The number of phenols is 1. The Balaban J connectivity index is 1.58. The molecule has 0 bridgehead atoms. The van der Waals surface area contributed by atoms with Gasteiger partial charge in [-0.25, -0.2) is 0 Å². The minimum absolute atomic E-state index is 0.108. The molecule has 1 aliphatic rings. The molecule has 136 valence electrons. The van der Waals surface area contributed by atoms with Crippen LogP contribution in [0.15, 0.2) is 78.9 Å². The minimum Gasteiger partial charge on any atom is -0.508 e. The zero-order valence-electron chi connectivity index (χ0n) is 15.4. The number of carbonyl (C=O) groups is 1. The summed E-state index contributed by atoms with van der Waals surface area (Å²) in [5.41, 5.74) is 4.12. The molecule has 27 heavy (non-hydrogen) atoms. The predicted octanol–water partition coefficient (Wildman–Crippen LogP) is 5.14. The van der Waals surface area contributed by atoms with Gasteiger partial charge in [-0.3, -0.25) is 4.79 Å². The van der Waals surface area contributed by atoms with E-state index in [1.165, 1.54) is 5.56 Å². The Bertz CT molecular complexity index is 950. The van der Waals surface area contributed by atoms with Crippen molar-refractivity contribution in [1.82, 2.24) is 0 Å². The van der Waals surface area contributed by atoms with E-state index in [9.17, 15) is 9.90 Å². The monoisotopic (exact) mass is 357 g/mol. The lowest BCUT2D eigenvalue weighted by atomic mass is 9.74. The van der Waals surface area contributed by atoms with E-state index in [1.54, 1.807) is 12.1 Å². The van der Waals surface area contributed by atoms with Crippen LogP contribution in [0.3, 0.4) is 0 Å². The van der Waals surface area contributed by atoms with Gasteiger partial charge >= 0.3 is 0 Å². The predicted molar refractivity (Wildman–Crippen MR) is 109 cm³/mol. The third kappa shape index (κ3) is 3.45. The van der Waals surface area contributed by atoms with Crippen molar-refractivity contribution in [2.75, 3.05) is 11.4 Å². The summed E-state index contributed by atoms with van der Waals surface area (Å²) in [5, 5.41) is 9.49. The number of anilines is 1. The van der Waals surface area contributed by atoms with Crippen molar-refractivity contribution < 1.29 is 9.90 Å². The third-order valence-electron chi connectivity index (χ3n) is 5.56. The van der Waals surface area contributed by atoms with Gasteiger partial charge in [-0.05, 0) is 47.4 Å². The number of benzene rings is 3. The standard InChI is InChI=1S/C24H23NO2/c1-24(20-7-3-2-4-8-20)14-15-25(23(27)17-24)21-9-5-6-19(16-21)18-10-12-22(26)13-11-18/h2-13,16,26H,14-15,17H2,1H3. The fourth-order valence-corrected chi connectivity index (χ4v) is 3.87. The maximum absolute atomic E-state index is 13.0. The van der Waals surface area contributed by atoms with Crippen molar-refractivity contribution in [1.29, 1.82) is 0 Å². The number of piperidine rings is 1. The van der Waals surface area contributed by atoms with Crippen molar-refractivity contribution in [2.24, 2.45) is 0 Å². The van der Waals surface area contributed by atoms with Crippen LogP contribution in [0.4, 0.5) is 5.69 Å². The second-order valence-electron chi connectivity index (χ2n) is 7.50. The maximum Gasteiger partial charge on any atom is 0.227 e. The Kier molecular flexibility index (Phi) is 4.44. The van der Waals surface area contributed by atoms with Gasteiger partial charge in [-0.1, -0.05) is 61.5 Å². The van der Waals surface area contributed by atoms with E-state index in [2.05, 4.69) is 25.1 Å². The highest BCUT2D eigenvalue weighted by atomic mass is 16.3. The summed E-state index contributed by atoms with van der Waals surface area (Å²) in [6, 6.07) is 25.5. The average Bonchev–Trinajstić information content (AvgIpc) is 2.69. The molecule has 1 aliphatic heterocycles. The number of phenolic OH excluding ortho intramolecular Hbond substituents is 1. The molecule has 1 atom stereocenters. The summed E-state index contributed by atoms with van der Waals surface area (Å²) in [6.07, 6.45) is 1.45. The number of aromatic hydroxyl groups is 1. The molecule has 1 N–H and O–H groups in total. The molecule has 1 heterocycles. The Labute approximate surface area is 159 Å². The van der Waals surface area contributed by atoms with Crippen molar-refractivity contribution >= 4 is 11.6 Å². The van der Waals surface area contributed by atoms with Gasteiger partial charge in [0.1, 0.15) is 5.75 Å². The highest BCUT2D eigenvalue weighted by Gasteiger charge is 2.36. The molecule has 1 amide bonds. The van der Waals surface area contributed by atoms with E-state index in [4.69, 9.17) is 0 Å². The number of rotatable bonds is 3. The molecular weight excluding hydrogens is 334 g/mol. The van der Waals surface area contributed by atoms with Gasteiger partial charge in [0, 0.05) is 24.1 Å². The van der Waals surface area contributed by atoms with Crippen LogP contribution in [0, 0.1) is 0 Å². The quantitative estimate of drug-likeness (QED) is 0.705. The largest absolute Gasteiger partial charge is 0.508 e. The number of hydrogen-bond acceptors (Lipinski definition) is 2. The van der Waals surface area contributed by atoms with Gasteiger partial charge in [0.25, 0.3) is 0 Å². The second kappa shape index (κ2) is 6.92. The van der Waals surface area contributed by atoms with E-state index in [-0.39, 0.29) is 17.1 Å². The average molecular weight is 357 g/mol. The van der Waals surface area contributed by atoms with Crippen LogP contribution < -0.4 is 4.90 Å². The summed E-state index contributed by atoms with van der Waals surface area (Å²) in [4.78, 5) is 14.9. The molecule has 0 radical (unpaired) electrons. The van der Waals surface area contributed by atoms with Crippen LogP contribution in [-0.2, 0) is 10.2 Å². The van der Waals surface area contributed by atoms with Crippen LogP contribution >= 0.6 is 0 Å². The normalized spacial score (nSPS) is 19.9. The zero-order valence-corrected chi connectivity index (χ0v) is 15.4. The van der Waals surface area contributed by atoms with Gasteiger partial charge in [-0.15, -0.1) is 0 Å². The fraction of sp³-hybridized carbons (Fsp3) is 0.208. The van der Waals surface area contributed by atoms with Crippen molar-refractivity contribution in [3.05, 3.63) is 84.4 Å². The third-order valence-corrected chi connectivity index (χ3v) is 5.56. The van der Waals surface area contributed by atoms with Crippen LogP contribution in [0.25, 0.3) is 11.1 Å². The van der Waals surface area contributed by atoms with Crippen molar-refractivity contribution in [2.45, 2.75) is 25.2 Å². The zero-order chi connectivity index (χ0) is 18.9. The number of hydrogen-bond donors (Lipinski definition) is 1. The molecule has 3 aromatic carbocycles. The first-order valence-electron chi connectivity index (χ1n) is 9.31. The van der Waals surface area contributed by atoms with Crippen molar-refractivity contribution in [3.8, 4) is 16.9 Å². The number of amides is 1. The molecular formula is C24H23NO2. The Morgan fingerprint density at radius 2 is 1.63 bits per heavy atom. The Morgan fingerprint density at radius 3 is 2.33 bits per heavy atom. The molecule has 1 saturated heterocycles. The van der Waals surface area contributed by atoms with Crippen LogP contribution in [-0.4, -0.2) is 17.6 Å². The summed E-state index contributed by atoms with van der Waals surface area (Å²) < 4.78 is 0. The second-order valence-corrected chi connectivity index (χ2v) is 7.50. The molecule has 0 aliphatic carbocycles. The van der Waals surface area contributed by atoms with E-state index < -0.39 is 0 Å². The lowest BCUT2D eigenvalue weighted by molar-refractivity contribution is -0.121. The van der Waals surface area contributed by atoms with Gasteiger partial charge in [0.2, 0.25) is 5.91 Å². The molecule has 4 rings (SSSR count). The molecule has 1 fully saturated rings. The summed E-state index contributed by atoms with van der Waals surface area (Å²) >= 11 is 0.